The van der Waals surface area contributed by atoms with E-state index in [1.54, 1.807) is 18.2 Å². The van der Waals surface area contributed by atoms with Crippen molar-refractivity contribution >= 4 is 33.6 Å². The molecule has 0 unspecified atom stereocenters. The van der Waals surface area contributed by atoms with Gasteiger partial charge in [0.15, 0.2) is 0 Å². The molecule has 6 nitrogen and oxygen atoms in total. The van der Waals surface area contributed by atoms with Crippen LogP contribution in [-0.2, 0) is 19.7 Å². The van der Waals surface area contributed by atoms with Crippen LogP contribution >= 0.6 is 11.8 Å². The first kappa shape index (κ1) is 16.8. The van der Waals surface area contributed by atoms with Gasteiger partial charge in [-0.3, -0.25) is 9.52 Å². The fourth-order valence-electron chi connectivity index (χ4n) is 1.38. The number of anilines is 1. The fourth-order valence-corrected chi connectivity index (χ4v) is 2.76. The monoisotopic (exact) mass is 318 g/mol. The van der Waals surface area contributed by atoms with Crippen molar-refractivity contribution in [2.75, 3.05) is 31.7 Å². The Morgan fingerprint density at radius 2 is 2.15 bits per heavy atom. The van der Waals surface area contributed by atoms with Gasteiger partial charge in [-0.2, -0.15) is 12.7 Å². The van der Waals surface area contributed by atoms with Gasteiger partial charge >= 0.3 is 16.2 Å². The zero-order valence-electron chi connectivity index (χ0n) is 11.6. The summed E-state index contributed by atoms with van der Waals surface area (Å²) in [5.74, 6) is -0.448. The summed E-state index contributed by atoms with van der Waals surface area (Å²) in [5.41, 5.74) is 0.488. The number of nitrogens with zero attached hydrogens (tertiary/aromatic N) is 1. The van der Waals surface area contributed by atoms with Crippen molar-refractivity contribution in [1.82, 2.24) is 4.31 Å². The molecule has 0 bridgehead atoms. The average Bonchev–Trinajstić information content (AvgIpc) is 2.43. The van der Waals surface area contributed by atoms with Crippen LogP contribution in [0, 0.1) is 0 Å². The summed E-state index contributed by atoms with van der Waals surface area (Å²) in [6.07, 6.45) is 1.93. The van der Waals surface area contributed by atoms with Crippen LogP contribution in [0.3, 0.4) is 0 Å². The lowest BCUT2D eigenvalue weighted by Crippen LogP contribution is -2.34. The lowest BCUT2D eigenvalue weighted by Gasteiger charge is -2.18. The van der Waals surface area contributed by atoms with E-state index in [0.29, 0.717) is 5.69 Å². The van der Waals surface area contributed by atoms with Crippen LogP contribution < -0.4 is 4.72 Å². The fraction of sp³-hybridized carbons (Fsp3) is 0.417. The number of methoxy groups -OCH3 is 1. The summed E-state index contributed by atoms with van der Waals surface area (Å²) in [6, 6.07) is 7.09. The number of nitrogens with one attached hydrogen (secondary N) is 1. The third-order valence-corrected chi connectivity index (χ3v) is 4.81. The molecule has 0 aliphatic carbocycles. The molecular formula is C12H18N2O4S2. The average molecular weight is 318 g/mol. The van der Waals surface area contributed by atoms with E-state index >= 15 is 0 Å². The van der Waals surface area contributed by atoms with Crippen LogP contribution in [0.1, 0.15) is 6.42 Å². The van der Waals surface area contributed by atoms with Crippen molar-refractivity contribution in [2.24, 2.45) is 0 Å². The number of benzene rings is 1. The highest BCUT2D eigenvalue weighted by atomic mass is 32.2. The van der Waals surface area contributed by atoms with Gasteiger partial charge in [0.25, 0.3) is 0 Å². The van der Waals surface area contributed by atoms with Crippen molar-refractivity contribution in [2.45, 2.75) is 11.3 Å². The van der Waals surface area contributed by atoms with Crippen LogP contribution in [0.15, 0.2) is 29.2 Å². The van der Waals surface area contributed by atoms with Gasteiger partial charge in [-0.15, -0.1) is 11.8 Å². The topological polar surface area (TPSA) is 75.7 Å². The van der Waals surface area contributed by atoms with Gasteiger partial charge in [0.05, 0.1) is 19.2 Å². The number of rotatable bonds is 7. The lowest BCUT2D eigenvalue weighted by molar-refractivity contribution is -0.140. The molecule has 1 aromatic rings. The minimum Gasteiger partial charge on any atom is -0.469 e. The zero-order chi connectivity index (χ0) is 15.2. The number of hydrogen-bond acceptors (Lipinski definition) is 5. The van der Waals surface area contributed by atoms with Crippen LogP contribution in [-0.4, -0.2) is 45.7 Å². The predicted molar refractivity (Wildman–Crippen MR) is 80.0 cm³/mol. The van der Waals surface area contributed by atoms with Crippen LogP contribution in [0.2, 0.25) is 0 Å². The summed E-state index contributed by atoms with van der Waals surface area (Å²) in [5, 5.41) is 0. The van der Waals surface area contributed by atoms with Gasteiger partial charge in [-0.25, -0.2) is 0 Å². The number of hydrogen-bond donors (Lipinski definition) is 1. The second-order valence-corrected chi connectivity index (χ2v) is 6.64. The molecule has 0 amide bonds. The van der Waals surface area contributed by atoms with E-state index in [4.69, 9.17) is 0 Å². The number of carbonyl (C=O) groups is 1. The number of carbonyl (C=O) groups excluding carboxylic acids is 1. The summed E-state index contributed by atoms with van der Waals surface area (Å²) < 4.78 is 32.1. The first-order chi connectivity index (χ1) is 9.39. The molecule has 8 heteroatoms. The third kappa shape index (κ3) is 5.03. The Hall–Kier alpha value is -1.25. The molecule has 1 aromatic carbocycles. The molecule has 0 aliphatic rings. The maximum absolute atomic E-state index is 12.1. The Bertz CT molecular complexity index is 560. The molecule has 0 saturated carbocycles. The Balaban J connectivity index is 2.70. The Morgan fingerprint density at radius 3 is 2.75 bits per heavy atom. The van der Waals surface area contributed by atoms with E-state index in [1.165, 1.54) is 25.9 Å². The largest absolute Gasteiger partial charge is 0.469 e. The molecule has 0 spiro atoms. The van der Waals surface area contributed by atoms with Gasteiger partial charge in [-0.05, 0) is 24.5 Å². The molecule has 112 valence electrons. The second-order valence-electron chi connectivity index (χ2n) is 3.99. The lowest BCUT2D eigenvalue weighted by atomic mass is 10.3. The highest BCUT2D eigenvalue weighted by Crippen LogP contribution is 2.20. The Kier molecular flexibility index (Phi) is 6.31. The van der Waals surface area contributed by atoms with E-state index in [-0.39, 0.29) is 13.0 Å². The Labute approximate surface area is 123 Å². The zero-order valence-corrected chi connectivity index (χ0v) is 13.3. The maximum Gasteiger partial charge on any atom is 0.306 e. The van der Waals surface area contributed by atoms with E-state index in [0.717, 1.165) is 9.20 Å². The molecule has 1 N–H and O–H groups in total. The second kappa shape index (κ2) is 7.51. The summed E-state index contributed by atoms with van der Waals surface area (Å²) in [6.45, 7) is 0.0597. The normalized spacial score (nSPS) is 11.4. The first-order valence-corrected chi connectivity index (χ1v) is 8.50. The molecule has 0 aromatic heterocycles. The third-order valence-electron chi connectivity index (χ3n) is 2.59. The SMILES string of the molecule is COC(=O)CCN(C)S(=O)(=O)Nc1cccc(SC)c1. The number of ether oxygens (including phenoxy) is 1. The van der Waals surface area contributed by atoms with Gasteiger partial charge in [-0.1, -0.05) is 6.07 Å². The predicted octanol–water partition coefficient (Wildman–Crippen LogP) is 1.56. The molecule has 0 aliphatic heterocycles. The van der Waals surface area contributed by atoms with Crippen molar-refractivity contribution in [1.29, 1.82) is 0 Å². The van der Waals surface area contributed by atoms with Crippen molar-refractivity contribution in [3.05, 3.63) is 24.3 Å². The molecule has 1 rings (SSSR count). The number of esters is 1. The summed E-state index contributed by atoms with van der Waals surface area (Å²) >= 11 is 1.52. The standard InChI is InChI=1S/C12H18N2O4S2/c1-14(8-7-12(15)18-2)20(16,17)13-10-5-4-6-11(9-10)19-3/h4-6,9,13H,7-8H2,1-3H3. The molecule has 0 atom stereocenters. The summed E-state index contributed by atoms with van der Waals surface area (Å²) in [7, 11) is -1.00. The van der Waals surface area contributed by atoms with Crippen molar-refractivity contribution in [3.8, 4) is 0 Å². The van der Waals surface area contributed by atoms with Crippen LogP contribution in [0.5, 0.6) is 0 Å². The van der Waals surface area contributed by atoms with Crippen molar-refractivity contribution in [3.63, 3.8) is 0 Å². The molecule has 0 radical (unpaired) electrons. The number of thioether (sulfide) groups is 1. The van der Waals surface area contributed by atoms with E-state index in [1.807, 2.05) is 12.3 Å². The minimum atomic E-state index is -3.68. The highest BCUT2D eigenvalue weighted by Gasteiger charge is 2.18. The Morgan fingerprint density at radius 1 is 1.45 bits per heavy atom. The minimum absolute atomic E-state index is 0.0127. The molecular weight excluding hydrogens is 300 g/mol. The molecule has 0 heterocycles. The van der Waals surface area contributed by atoms with E-state index < -0.39 is 16.2 Å². The van der Waals surface area contributed by atoms with Crippen LogP contribution in [0.25, 0.3) is 0 Å². The molecule has 20 heavy (non-hydrogen) atoms. The van der Waals surface area contributed by atoms with Gasteiger partial charge in [0, 0.05) is 18.5 Å². The molecule has 0 fully saturated rings. The van der Waals surface area contributed by atoms with E-state index in [2.05, 4.69) is 9.46 Å². The van der Waals surface area contributed by atoms with Gasteiger partial charge in [0.1, 0.15) is 0 Å². The van der Waals surface area contributed by atoms with Crippen LogP contribution in [0.4, 0.5) is 5.69 Å². The van der Waals surface area contributed by atoms with Crippen molar-refractivity contribution < 1.29 is 17.9 Å². The highest BCUT2D eigenvalue weighted by molar-refractivity contribution is 7.98. The quantitative estimate of drug-likeness (QED) is 0.610. The van der Waals surface area contributed by atoms with Gasteiger partial charge < -0.3 is 4.74 Å². The van der Waals surface area contributed by atoms with E-state index in [9.17, 15) is 13.2 Å². The first-order valence-electron chi connectivity index (χ1n) is 5.84. The molecule has 0 saturated heterocycles. The van der Waals surface area contributed by atoms with Gasteiger partial charge in [0.2, 0.25) is 0 Å². The smallest absolute Gasteiger partial charge is 0.306 e. The maximum atomic E-state index is 12.1. The summed E-state index contributed by atoms with van der Waals surface area (Å²) in [4.78, 5) is 12.0.